The van der Waals surface area contributed by atoms with Gasteiger partial charge in [0.1, 0.15) is 0 Å². The van der Waals surface area contributed by atoms with Crippen molar-refractivity contribution in [2.75, 3.05) is 27.2 Å². The summed E-state index contributed by atoms with van der Waals surface area (Å²) < 4.78 is 0. The van der Waals surface area contributed by atoms with Gasteiger partial charge in [0, 0.05) is 13.1 Å². The lowest BCUT2D eigenvalue weighted by molar-refractivity contribution is -0.121. The zero-order valence-corrected chi connectivity index (χ0v) is 10.0. The monoisotopic (exact) mass is 217 g/mol. The van der Waals surface area contributed by atoms with Crippen LogP contribution in [-0.4, -0.2) is 55.2 Å². The zero-order chi connectivity index (χ0) is 12.0. The van der Waals surface area contributed by atoms with Crippen LogP contribution in [0.1, 0.15) is 13.8 Å². The molecule has 0 bridgehead atoms. The molecule has 0 aromatic carbocycles. The van der Waals surface area contributed by atoms with Gasteiger partial charge >= 0.3 is 0 Å². The molecule has 2 unspecified atom stereocenters. The van der Waals surface area contributed by atoms with E-state index in [1.54, 1.807) is 0 Å². The van der Waals surface area contributed by atoms with Crippen LogP contribution in [0.5, 0.6) is 0 Å². The number of hydrogen-bond donors (Lipinski definition) is 3. The molecular weight excluding hydrogens is 194 g/mol. The second-order valence-electron chi connectivity index (χ2n) is 4.45. The number of hydrogen-bond acceptors (Lipinski definition) is 4. The van der Waals surface area contributed by atoms with E-state index in [4.69, 9.17) is 5.73 Å². The minimum absolute atomic E-state index is 0.133. The number of amides is 1. The molecule has 1 amide bonds. The van der Waals surface area contributed by atoms with E-state index in [9.17, 15) is 9.90 Å². The molecule has 0 spiro atoms. The average molecular weight is 217 g/mol. The van der Waals surface area contributed by atoms with Crippen molar-refractivity contribution in [1.82, 2.24) is 10.2 Å². The van der Waals surface area contributed by atoms with Crippen molar-refractivity contribution in [3.8, 4) is 0 Å². The molecule has 0 fully saturated rings. The number of carbonyl (C=O) groups is 1. The van der Waals surface area contributed by atoms with Crippen LogP contribution in [0.3, 0.4) is 0 Å². The van der Waals surface area contributed by atoms with Crippen LogP contribution in [0, 0.1) is 5.92 Å². The van der Waals surface area contributed by atoms with Crippen molar-refractivity contribution in [2.24, 2.45) is 11.7 Å². The van der Waals surface area contributed by atoms with Gasteiger partial charge in [-0.3, -0.25) is 4.79 Å². The summed E-state index contributed by atoms with van der Waals surface area (Å²) in [7, 11) is 3.77. The predicted octanol–water partition coefficient (Wildman–Crippen LogP) is -0.992. The van der Waals surface area contributed by atoms with Crippen molar-refractivity contribution in [1.29, 1.82) is 0 Å². The van der Waals surface area contributed by atoms with Gasteiger partial charge in [-0.25, -0.2) is 0 Å². The summed E-state index contributed by atoms with van der Waals surface area (Å²) in [5.41, 5.74) is 5.23. The summed E-state index contributed by atoms with van der Waals surface area (Å²) in [5.74, 6) is -0.240. The van der Waals surface area contributed by atoms with Gasteiger partial charge in [-0.1, -0.05) is 13.8 Å². The molecule has 0 saturated carbocycles. The van der Waals surface area contributed by atoms with E-state index in [1.807, 2.05) is 32.8 Å². The fraction of sp³-hybridized carbons (Fsp3) is 0.900. The Hall–Kier alpha value is -0.650. The van der Waals surface area contributed by atoms with E-state index >= 15 is 0 Å². The van der Waals surface area contributed by atoms with Gasteiger partial charge in [0.25, 0.3) is 0 Å². The first-order valence-electron chi connectivity index (χ1n) is 5.20. The number of aliphatic hydroxyl groups excluding tert-OH is 1. The molecule has 5 nitrogen and oxygen atoms in total. The molecule has 0 radical (unpaired) electrons. The minimum Gasteiger partial charge on any atom is -0.390 e. The van der Waals surface area contributed by atoms with E-state index in [-0.39, 0.29) is 17.9 Å². The second kappa shape index (κ2) is 6.76. The molecular formula is C10H23N3O2. The Morgan fingerprint density at radius 2 is 2.00 bits per heavy atom. The largest absolute Gasteiger partial charge is 0.390 e. The highest BCUT2D eigenvalue weighted by Gasteiger charge is 2.19. The minimum atomic E-state index is -0.486. The van der Waals surface area contributed by atoms with Crippen LogP contribution in [-0.2, 0) is 4.79 Å². The topological polar surface area (TPSA) is 78.6 Å². The molecule has 90 valence electrons. The van der Waals surface area contributed by atoms with Gasteiger partial charge in [0.2, 0.25) is 5.91 Å². The van der Waals surface area contributed by atoms with Crippen molar-refractivity contribution in [3.05, 3.63) is 0 Å². The third-order valence-corrected chi connectivity index (χ3v) is 2.12. The average Bonchev–Trinajstić information content (AvgIpc) is 2.00. The highest BCUT2D eigenvalue weighted by atomic mass is 16.3. The Kier molecular flexibility index (Phi) is 6.47. The molecule has 0 aliphatic rings. The first-order chi connectivity index (χ1) is 6.84. The molecule has 0 heterocycles. The quantitative estimate of drug-likeness (QED) is 0.511. The SMILES string of the molecule is CC(C)C(NCC(O)CN(C)C)C(N)=O. The summed E-state index contributed by atoms with van der Waals surface area (Å²) in [6.07, 6.45) is -0.486. The molecule has 4 N–H and O–H groups in total. The maximum Gasteiger partial charge on any atom is 0.234 e. The number of nitrogens with one attached hydrogen (secondary N) is 1. The van der Waals surface area contributed by atoms with Crippen molar-refractivity contribution in [2.45, 2.75) is 26.0 Å². The lowest BCUT2D eigenvalue weighted by Crippen LogP contribution is -2.48. The number of nitrogens with zero attached hydrogens (tertiary/aromatic N) is 1. The lowest BCUT2D eigenvalue weighted by atomic mass is 10.0. The van der Waals surface area contributed by atoms with E-state index < -0.39 is 6.10 Å². The van der Waals surface area contributed by atoms with Gasteiger partial charge in [-0.2, -0.15) is 0 Å². The Morgan fingerprint density at radius 1 is 1.47 bits per heavy atom. The first-order valence-corrected chi connectivity index (χ1v) is 5.20. The zero-order valence-electron chi connectivity index (χ0n) is 10.0. The third kappa shape index (κ3) is 6.43. The Bertz CT molecular complexity index is 195. The van der Waals surface area contributed by atoms with Crippen LogP contribution >= 0.6 is 0 Å². The highest BCUT2D eigenvalue weighted by molar-refractivity contribution is 5.80. The first kappa shape index (κ1) is 14.3. The summed E-state index contributed by atoms with van der Waals surface area (Å²) >= 11 is 0. The normalized spacial score (nSPS) is 15.7. The van der Waals surface area contributed by atoms with Crippen molar-refractivity contribution in [3.63, 3.8) is 0 Å². The Labute approximate surface area is 91.6 Å². The van der Waals surface area contributed by atoms with Crippen LogP contribution in [0.15, 0.2) is 0 Å². The van der Waals surface area contributed by atoms with Gasteiger partial charge in [0.15, 0.2) is 0 Å². The Balaban J connectivity index is 3.94. The van der Waals surface area contributed by atoms with E-state index in [2.05, 4.69) is 5.32 Å². The summed E-state index contributed by atoms with van der Waals surface area (Å²) in [6, 6.07) is -0.373. The highest BCUT2D eigenvalue weighted by Crippen LogP contribution is 2.00. The summed E-state index contributed by atoms with van der Waals surface area (Å²) in [4.78, 5) is 12.9. The van der Waals surface area contributed by atoms with Crippen molar-refractivity contribution < 1.29 is 9.90 Å². The smallest absolute Gasteiger partial charge is 0.234 e. The fourth-order valence-electron chi connectivity index (χ4n) is 1.41. The molecule has 0 aromatic rings. The van der Waals surface area contributed by atoms with Crippen LogP contribution in [0.4, 0.5) is 0 Å². The molecule has 0 aliphatic heterocycles. The maximum absolute atomic E-state index is 11.0. The number of likely N-dealkylation sites (N-methyl/N-ethyl adjacent to an activating group) is 1. The number of nitrogens with two attached hydrogens (primary N) is 1. The molecule has 0 aromatic heterocycles. The number of carbonyl (C=O) groups excluding carboxylic acids is 1. The molecule has 0 saturated heterocycles. The van der Waals surface area contributed by atoms with E-state index in [0.717, 1.165) is 0 Å². The molecule has 5 heteroatoms. The molecule has 0 rings (SSSR count). The Morgan fingerprint density at radius 3 is 2.33 bits per heavy atom. The number of rotatable bonds is 7. The molecule has 2 atom stereocenters. The van der Waals surface area contributed by atoms with Gasteiger partial charge in [0.05, 0.1) is 12.1 Å². The van der Waals surface area contributed by atoms with Gasteiger partial charge in [-0.15, -0.1) is 0 Å². The lowest BCUT2D eigenvalue weighted by Gasteiger charge is -2.22. The standard InChI is InChI=1S/C10H23N3O2/c1-7(2)9(10(11)15)12-5-8(14)6-13(3)4/h7-9,12,14H,5-6H2,1-4H3,(H2,11,15). The fourth-order valence-corrected chi connectivity index (χ4v) is 1.41. The van der Waals surface area contributed by atoms with Crippen LogP contribution < -0.4 is 11.1 Å². The number of aliphatic hydroxyl groups is 1. The summed E-state index contributed by atoms with van der Waals surface area (Å²) in [5, 5.41) is 12.5. The molecule has 15 heavy (non-hydrogen) atoms. The van der Waals surface area contributed by atoms with E-state index in [0.29, 0.717) is 13.1 Å². The van der Waals surface area contributed by atoms with Crippen LogP contribution in [0.2, 0.25) is 0 Å². The van der Waals surface area contributed by atoms with Gasteiger partial charge in [-0.05, 0) is 20.0 Å². The van der Waals surface area contributed by atoms with Crippen LogP contribution in [0.25, 0.3) is 0 Å². The van der Waals surface area contributed by atoms with Gasteiger partial charge < -0.3 is 21.1 Å². The second-order valence-corrected chi connectivity index (χ2v) is 4.45. The predicted molar refractivity (Wildman–Crippen MR) is 60.4 cm³/mol. The third-order valence-electron chi connectivity index (χ3n) is 2.12. The van der Waals surface area contributed by atoms with E-state index in [1.165, 1.54) is 0 Å². The van der Waals surface area contributed by atoms with Crippen molar-refractivity contribution >= 4 is 5.91 Å². The molecule has 0 aliphatic carbocycles. The maximum atomic E-state index is 11.0. The number of primary amides is 1. The summed E-state index contributed by atoms with van der Waals surface area (Å²) in [6.45, 7) is 4.78.